The highest BCUT2D eigenvalue weighted by Crippen LogP contribution is 2.25. The van der Waals surface area contributed by atoms with Crippen molar-refractivity contribution in [1.29, 1.82) is 0 Å². The summed E-state index contributed by atoms with van der Waals surface area (Å²) < 4.78 is 0. The summed E-state index contributed by atoms with van der Waals surface area (Å²) in [7, 11) is 0. The summed E-state index contributed by atoms with van der Waals surface area (Å²) in [5.41, 5.74) is 2.08. The van der Waals surface area contributed by atoms with Crippen LogP contribution >= 0.6 is 0 Å². The maximum atomic E-state index is 11.9. The van der Waals surface area contributed by atoms with Gasteiger partial charge in [0.05, 0.1) is 5.92 Å². The highest BCUT2D eigenvalue weighted by Gasteiger charge is 2.34. The lowest BCUT2D eigenvalue weighted by Gasteiger charge is -2.16. The molecule has 0 aliphatic carbocycles. The van der Waals surface area contributed by atoms with Gasteiger partial charge >= 0.3 is 5.97 Å². The van der Waals surface area contributed by atoms with Gasteiger partial charge in [-0.1, -0.05) is 38.3 Å². The largest absolute Gasteiger partial charge is 0.481 e. The first-order valence-electron chi connectivity index (χ1n) is 7.74. The van der Waals surface area contributed by atoms with E-state index in [-0.39, 0.29) is 18.9 Å². The molecular formula is C17H23NO3. The van der Waals surface area contributed by atoms with E-state index in [1.165, 1.54) is 31.2 Å². The fraction of sp³-hybridized carbons (Fsp3) is 0.529. The molecule has 4 nitrogen and oxygen atoms in total. The van der Waals surface area contributed by atoms with E-state index in [2.05, 4.69) is 6.92 Å². The highest BCUT2D eigenvalue weighted by atomic mass is 16.4. The molecule has 1 atom stereocenters. The molecule has 1 aromatic rings. The molecule has 0 spiro atoms. The first kappa shape index (κ1) is 15.5. The fourth-order valence-electron chi connectivity index (χ4n) is 2.72. The zero-order valence-electron chi connectivity index (χ0n) is 12.5. The summed E-state index contributed by atoms with van der Waals surface area (Å²) in [5, 5.41) is 9.00. The molecule has 1 heterocycles. The van der Waals surface area contributed by atoms with E-state index in [9.17, 15) is 9.59 Å². The van der Waals surface area contributed by atoms with E-state index in [1.807, 2.05) is 24.3 Å². The molecule has 0 saturated carbocycles. The Labute approximate surface area is 125 Å². The number of carbonyl (C=O) groups excluding carboxylic acids is 1. The molecular weight excluding hydrogens is 266 g/mol. The molecule has 0 bridgehead atoms. The predicted octanol–water partition coefficient (Wildman–Crippen LogP) is 3.25. The van der Waals surface area contributed by atoms with Crippen LogP contribution in [0.2, 0.25) is 0 Å². The minimum atomic E-state index is -0.890. The molecule has 114 valence electrons. The second kappa shape index (κ2) is 7.25. The number of aliphatic carboxylic acids is 1. The standard InChI is InChI=1S/C17H23NO3/c1-2-3-4-5-6-13-7-9-15(10-8-13)18-12-14(17(20)21)11-16(18)19/h7-10,14H,2-6,11-12H2,1H3,(H,20,21). The molecule has 1 N–H and O–H groups in total. The highest BCUT2D eigenvalue weighted by molar-refractivity contribution is 5.99. The van der Waals surface area contributed by atoms with Gasteiger partial charge in [0.2, 0.25) is 5.91 Å². The second-order valence-corrected chi connectivity index (χ2v) is 5.72. The van der Waals surface area contributed by atoms with Crippen molar-refractivity contribution in [3.05, 3.63) is 29.8 Å². The van der Waals surface area contributed by atoms with E-state index in [0.29, 0.717) is 0 Å². The third-order valence-corrected chi connectivity index (χ3v) is 4.04. The number of carboxylic acid groups (broad SMARTS) is 1. The zero-order chi connectivity index (χ0) is 15.2. The molecule has 1 aliphatic heterocycles. The number of nitrogens with zero attached hydrogens (tertiary/aromatic N) is 1. The summed E-state index contributed by atoms with van der Waals surface area (Å²) in [6.45, 7) is 2.48. The Morgan fingerprint density at radius 3 is 2.52 bits per heavy atom. The first-order chi connectivity index (χ1) is 10.1. The van der Waals surface area contributed by atoms with Crippen molar-refractivity contribution in [2.24, 2.45) is 5.92 Å². The van der Waals surface area contributed by atoms with Gasteiger partial charge in [-0.2, -0.15) is 0 Å². The van der Waals surface area contributed by atoms with Gasteiger partial charge in [0, 0.05) is 18.7 Å². The Morgan fingerprint density at radius 2 is 1.95 bits per heavy atom. The van der Waals surface area contributed by atoms with Gasteiger partial charge in [0.1, 0.15) is 0 Å². The van der Waals surface area contributed by atoms with Crippen molar-refractivity contribution in [3.63, 3.8) is 0 Å². The van der Waals surface area contributed by atoms with Crippen LogP contribution in [0, 0.1) is 5.92 Å². The number of carboxylic acids is 1. The molecule has 1 aliphatic rings. The lowest BCUT2D eigenvalue weighted by molar-refractivity contribution is -0.141. The number of hydrogen-bond acceptors (Lipinski definition) is 2. The summed E-state index contributed by atoms with van der Waals surface area (Å²) in [6.07, 6.45) is 6.12. The number of benzene rings is 1. The Kier molecular flexibility index (Phi) is 5.37. The smallest absolute Gasteiger partial charge is 0.308 e. The second-order valence-electron chi connectivity index (χ2n) is 5.72. The molecule has 0 aromatic heterocycles. The number of aryl methyl sites for hydroxylation is 1. The van der Waals surface area contributed by atoms with Crippen LogP contribution in [-0.4, -0.2) is 23.5 Å². The van der Waals surface area contributed by atoms with Gasteiger partial charge in [0.25, 0.3) is 0 Å². The number of amides is 1. The van der Waals surface area contributed by atoms with Crippen molar-refractivity contribution in [3.8, 4) is 0 Å². The van der Waals surface area contributed by atoms with Crippen LogP contribution < -0.4 is 4.90 Å². The van der Waals surface area contributed by atoms with Crippen LogP contribution in [-0.2, 0) is 16.0 Å². The molecule has 0 radical (unpaired) electrons. The molecule has 1 saturated heterocycles. The minimum Gasteiger partial charge on any atom is -0.481 e. The fourth-order valence-corrected chi connectivity index (χ4v) is 2.72. The molecule has 1 amide bonds. The van der Waals surface area contributed by atoms with Crippen LogP contribution in [0.15, 0.2) is 24.3 Å². The van der Waals surface area contributed by atoms with Crippen molar-refractivity contribution < 1.29 is 14.7 Å². The van der Waals surface area contributed by atoms with Gasteiger partial charge in [-0.05, 0) is 30.5 Å². The van der Waals surface area contributed by atoms with Gasteiger partial charge in [-0.3, -0.25) is 9.59 Å². The van der Waals surface area contributed by atoms with E-state index in [0.717, 1.165) is 12.1 Å². The van der Waals surface area contributed by atoms with Crippen LogP contribution in [0.25, 0.3) is 0 Å². The van der Waals surface area contributed by atoms with Crippen molar-refractivity contribution in [1.82, 2.24) is 0 Å². The number of rotatable bonds is 7. The Morgan fingerprint density at radius 1 is 1.24 bits per heavy atom. The summed E-state index contributed by atoms with van der Waals surface area (Å²) in [4.78, 5) is 24.4. The lowest BCUT2D eigenvalue weighted by Crippen LogP contribution is -2.25. The molecule has 4 heteroatoms. The van der Waals surface area contributed by atoms with Gasteiger partial charge in [-0.25, -0.2) is 0 Å². The van der Waals surface area contributed by atoms with E-state index >= 15 is 0 Å². The lowest BCUT2D eigenvalue weighted by atomic mass is 10.1. The van der Waals surface area contributed by atoms with Crippen LogP contribution in [0.3, 0.4) is 0 Å². The number of hydrogen-bond donors (Lipinski definition) is 1. The predicted molar refractivity (Wildman–Crippen MR) is 82.4 cm³/mol. The zero-order valence-corrected chi connectivity index (χ0v) is 12.5. The average molecular weight is 289 g/mol. The number of anilines is 1. The summed E-state index contributed by atoms with van der Waals surface area (Å²) in [6, 6.07) is 7.94. The maximum Gasteiger partial charge on any atom is 0.308 e. The van der Waals surface area contributed by atoms with Gasteiger partial charge in [0.15, 0.2) is 0 Å². The third kappa shape index (κ3) is 4.06. The first-order valence-corrected chi connectivity index (χ1v) is 7.74. The summed E-state index contributed by atoms with van der Waals surface area (Å²) >= 11 is 0. The Hall–Kier alpha value is -1.84. The molecule has 1 fully saturated rings. The van der Waals surface area contributed by atoms with E-state index < -0.39 is 11.9 Å². The molecule has 1 unspecified atom stereocenters. The maximum absolute atomic E-state index is 11.9. The summed E-state index contributed by atoms with van der Waals surface area (Å²) in [5.74, 6) is -1.57. The monoisotopic (exact) mass is 289 g/mol. The third-order valence-electron chi connectivity index (χ3n) is 4.04. The van der Waals surface area contributed by atoms with Crippen molar-refractivity contribution >= 4 is 17.6 Å². The van der Waals surface area contributed by atoms with Crippen LogP contribution in [0.5, 0.6) is 0 Å². The van der Waals surface area contributed by atoms with Crippen molar-refractivity contribution in [2.45, 2.75) is 45.4 Å². The van der Waals surface area contributed by atoms with Crippen LogP contribution in [0.4, 0.5) is 5.69 Å². The van der Waals surface area contributed by atoms with Crippen LogP contribution in [0.1, 0.15) is 44.6 Å². The average Bonchev–Trinajstić information content (AvgIpc) is 2.87. The van der Waals surface area contributed by atoms with Gasteiger partial charge < -0.3 is 10.0 Å². The SMILES string of the molecule is CCCCCCc1ccc(N2CC(C(=O)O)CC2=O)cc1. The normalized spacial score (nSPS) is 18.2. The van der Waals surface area contributed by atoms with Gasteiger partial charge in [-0.15, -0.1) is 0 Å². The quantitative estimate of drug-likeness (QED) is 0.784. The molecule has 21 heavy (non-hydrogen) atoms. The molecule has 1 aromatic carbocycles. The Bertz CT molecular complexity index is 495. The van der Waals surface area contributed by atoms with E-state index in [1.54, 1.807) is 4.90 Å². The number of carbonyl (C=O) groups is 2. The topological polar surface area (TPSA) is 57.6 Å². The Balaban J connectivity index is 1.93. The molecule has 2 rings (SSSR count). The minimum absolute atomic E-state index is 0.0990. The van der Waals surface area contributed by atoms with E-state index in [4.69, 9.17) is 5.11 Å². The van der Waals surface area contributed by atoms with Crippen molar-refractivity contribution in [2.75, 3.05) is 11.4 Å². The number of unbranched alkanes of at least 4 members (excludes halogenated alkanes) is 3.